The third kappa shape index (κ3) is 2.73. The van der Waals surface area contributed by atoms with Crippen LogP contribution in [0.15, 0.2) is 12.1 Å². The number of aromatic nitrogens is 3. The van der Waals surface area contributed by atoms with Crippen LogP contribution >= 0.6 is 12.2 Å². The molecule has 0 fully saturated rings. The molecule has 2 rings (SSSR count). The van der Waals surface area contributed by atoms with Crippen molar-refractivity contribution in [1.29, 1.82) is 0 Å². The first-order valence-corrected chi connectivity index (χ1v) is 7.57. The third-order valence-corrected chi connectivity index (χ3v) is 3.69. The summed E-state index contributed by atoms with van der Waals surface area (Å²) in [6.45, 7) is 2.21. The van der Waals surface area contributed by atoms with Gasteiger partial charge in [0.15, 0.2) is 10.4 Å². The van der Waals surface area contributed by atoms with Crippen LogP contribution in [-0.4, -0.2) is 35.0 Å². The number of sulfone groups is 1. The minimum atomic E-state index is -3.00. The second-order valence-corrected chi connectivity index (χ2v) is 6.68. The molecule has 0 saturated heterocycles. The Morgan fingerprint density at radius 1 is 1.47 bits per heavy atom. The standard InChI is InChI=1S/C10H13N3O2S2/c1-7-3-4-8-9(11-7)13(10(16)12-8)5-6-17(2,14)15/h3-4H,5-6H2,1-2H3,(H,12,16). The first-order valence-electron chi connectivity index (χ1n) is 5.11. The lowest BCUT2D eigenvalue weighted by Crippen LogP contribution is -2.11. The van der Waals surface area contributed by atoms with Crippen molar-refractivity contribution in [2.45, 2.75) is 13.5 Å². The molecular weight excluding hydrogens is 258 g/mol. The van der Waals surface area contributed by atoms with Gasteiger partial charge in [-0.3, -0.25) is 0 Å². The number of imidazole rings is 1. The number of pyridine rings is 1. The molecule has 0 atom stereocenters. The van der Waals surface area contributed by atoms with Crippen molar-refractivity contribution in [3.63, 3.8) is 0 Å². The van der Waals surface area contributed by atoms with Crippen LogP contribution in [0.3, 0.4) is 0 Å². The molecule has 2 aromatic rings. The van der Waals surface area contributed by atoms with Crippen LogP contribution in [0.1, 0.15) is 5.69 Å². The lowest BCUT2D eigenvalue weighted by molar-refractivity contribution is 0.595. The molecule has 0 radical (unpaired) electrons. The van der Waals surface area contributed by atoms with Crippen LogP contribution in [0.5, 0.6) is 0 Å². The van der Waals surface area contributed by atoms with Gasteiger partial charge >= 0.3 is 0 Å². The van der Waals surface area contributed by atoms with E-state index in [1.807, 2.05) is 19.1 Å². The Kier molecular flexibility index (Phi) is 3.05. The fourth-order valence-electron chi connectivity index (χ4n) is 1.59. The number of aryl methyl sites for hydroxylation is 2. The summed E-state index contributed by atoms with van der Waals surface area (Å²) in [6.07, 6.45) is 1.21. The highest BCUT2D eigenvalue weighted by Gasteiger charge is 2.09. The van der Waals surface area contributed by atoms with Crippen molar-refractivity contribution in [2.24, 2.45) is 0 Å². The van der Waals surface area contributed by atoms with Crippen LogP contribution in [-0.2, 0) is 16.4 Å². The van der Waals surface area contributed by atoms with E-state index >= 15 is 0 Å². The first-order chi connectivity index (χ1) is 7.87. The number of nitrogens with one attached hydrogen (secondary N) is 1. The first kappa shape index (κ1) is 12.3. The molecule has 7 heteroatoms. The molecule has 92 valence electrons. The van der Waals surface area contributed by atoms with Crippen LogP contribution in [0.2, 0.25) is 0 Å². The summed E-state index contributed by atoms with van der Waals surface area (Å²) in [6, 6.07) is 3.78. The smallest absolute Gasteiger partial charge is 0.179 e. The summed E-state index contributed by atoms with van der Waals surface area (Å²) < 4.78 is 24.5. The summed E-state index contributed by atoms with van der Waals surface area (Å²) in [4.78, 5) is 7.38. The fraction of sp³-hybridized carbons (Fsp3) is 0.400. The highest BCUT2D eigenvalue weighted by molar-refractivity contribution is 7.90. The van der Waals surface area contributed by atoms with E-state index in [9.17, 15) is 8.42 Å². The molecule has 0 aliphatic carbocycles. The third-order valence-electron chi connectivity index (χ3n) is 2.44. The van der Waals surface area contributed by atoms with Gasteiger partial charge in [0, 0.05) is 18.5 Å². The molecule has 0 aliphatic rings. The molecule has 0 bridgehead atoms. The molecule has 0 spiro atoms. The van der Waals surface area contributed by atoms with Crippen molar-refractivity contribution < 1.29 is 8.42 Å². The van der Waals surface area contributed by atoms with Crippen LogP contribution in [0.4, 0.5) is 0 Å². The van der Waals surface area contributed by atoms with Gasteiger partial charge in [0.1, 0.15) is 9.84 Å². The van der Waals surface area contributed by atoms with Gasteiger partial charge in [0.05, 0.1) is 11.3 Å². The number of nitrogens with zero attached hydrogens (tertiary/aromatic N) is 2. The van der Waals surface area contributed by atoms with Crippen LogP contribution in [0.25, 0.3) is 11.2 Å². The van der Waals surface area contributed by atoms with E-state index < -0.39 is 9.84 Å². The summed E-state index contributed by atoms with van der Waals surface area (Å²) in [7, 11) is -3.00. The van der Waals surface area contributed by atoms with E-state index in [4.69, 9.17) is 12.2 Å². The van der Waals surface area contributed by atoms with Crippen molar-refractivity contribution in [3.05, 3.63) is 22.6 Å². The second-order valence-electron chi connectivity index (χ2n) is 4.04. The zero-order valence-electron chi connectivity index (χ0n) is 9.60. The molecule has 1 N–H and O–H groups in total. The lowest BCUT2D eigenvalue weighted by atomic mass is 10.3. The zero-order chi connectivity index (χ0) is 12.6. The number of fused-ring (bicyclic) bond motifs is 1. The maximum atomic E-state index is 11.2. The van der Waals surface area contributed by atoms with Crippen LogP contribution < -0.4 is 0 Å². The lowest BCUT2D eigenvalue weighted by Gasteiger charge is -2.02. The highest BCUT2D eigenvalue weighted by atomic mass is 32.2. The number of hydrogen-bond acceptors (Lipinski definition) is 4. The van der Waals surface area contributed by atoms with E-state index in [1.54, 1.807) is 4.57 Å². The zero-order valence-corrected chi connectivity index (χ0v) is 11.2. The van der Waals surface area contributed by atoms with Gasteiger partial charge in [0.25, 0.3) is 0 Å². The molecule has 2 aromatic heterocycles. The van der Waals surface area contributed by atoms with Gasteiger partial charge in [-0.05, 0) is 31.3 Å². The minimum absolute atomic E-state index is 0.0594. The maximum absolute atomic E-state index is 11.2. The SMILES string of the molecule is Cc1ccc2[nH]c(=S)n(CCS(C)(=O)=O)c2n1. The predicted octanol–water partition coefficient (Wildman–Crippen LogP) is 1.45. The van der Waals surface area contributed by atoms with E-state index in [-0.39, 0.29) is 5.75 Å². The van der Waals surface area contributed by atoms with Crippen molar-refractivity contribution >= 4 is 33.2 Å². The largest absolute Gasteiger partial charge is 0.329 e. The Morgan fingerprint density at radius 3 is 2.82 bits per heavy atom. The molecule has 0 aliphatic heterocycles. The minimum Gasteiger partial charge on any atom is -0.329 e. The Labute approximate surface area is 104 Å². The topological polar surface area (TPSA) is 67.8 Å². The Hall–Kier alpha value is -1.21. The quantitative estimate of drug-likeness (QED) is 0.858. The normalized spacial score (nSPS) is 12.1. The number of rotatable bonds is 3. The number of aromatic amines is 1. The second kappa shape index (κ2) is 4.23. The molecule has 0 aromatic carbocycles. The van der Waals surface area contributed by atoms with Gasteiger partial charge in [-0.1, -0.05) is 0 Å². The van der Waals surface area contributed by atoms with Gasteiger partial charge < -0.3 is 9.55 Å². The monoisotopic (exact) mass is 271 g/mol. The van der Waals surface area contributed by atoms with Gasteiger partial charge in [-0.25, -0.2) is 13.4 Å². The Bertz CT molecular complexity index is 713. The number of H-pyrrole nitrogens is 1. The average molecular weight is 271 g/mol. The molecule has 0 amide bonds. The van der Waals surface area contributed by atoms with E-state index in [2.05, 4.69) is 9.97 Å². The molecule has 0 unspecified atom stereocenters. The Morgan fingerprint density at radius 2 is 2.18 bits per heavy atom. The summed E-state index contributed by atoms with van der Waals surface area (Å²) >= 11 is 5.16. The van der Waals surface area contributed by atoms with E-state index in [0.29, 0.717) is 17.0 Å². The molecule has 0 saturated carbocycles. The number of hydrogen-bond donors (Lipinski definition) is 1. The Balaban J connectivity index is 2.49. The molecular formula is C10H13N3O2S2. The highest BCUT2D eigenvalue weighted by Crippen LogP contribution is 2.12. The van der Waals surface area contributed by atoms with E-state index in [1.165, 1.54) is 6.26 Å². The predicted molar refractivity (Wildman–Crippen MR) is 69.4 cm³/mol. The van der Waals surface area contributed by atoms with E-state index in [0.717, 1.165) is 11.2 Å². The fourth-order valence-corrected chi connectivity index (χ4v) is 2.39. The summed E-state index contributed by atoms with van der Waals surface area (Å²) in [5.41, 5.74) is 2.41. The van der Waals surface area contributed by atoms with Crippen molar-refractivity contribution in [1.82, 2.24) is 14.5 Å². The van der Waals surface area contributed by atoms with Crippen molar-refractivity contribution in [2.75, 3.05) is 12.0 Å². The van der Waals surface area contributed by atoms with Gasteiger partial charge in [0.2, 0.25) is 0 Å². The molecule has 17 heavy (non-hydrogen) atoms. The van der Waals surface area contributed by atoms with Gasteiger partial charge in [-0.2, -0.15) is 0 Å². The van der Waals surface area contributed by atoms with Crippen LogP contribution in [0, 0.1) is 11.7 Å². The summed E-state index contributed by atoms with van der Waals surface area (Å²) in [5, 5.41) is 0. The molecule has 2 heterocycles. The van der Waals surface area contributed by atoms with Gasteiger partial charge in [-0.15, -0.1) is 0 Å². The molecule has 5 nitrogen and oxygen atoms in total. The van der Waals surface area contributed by atoms with Crippen molar-refractivity contribution in [3.8, 4) is 0 Å². The summed E-state index contributed by atoms with van der Waals surface area (Å²) in [5.74, 6) is 0.0594. The average Bonchev–Trinajstić information content (AvgIpc) is 2.49. The maximum Gasteiger partial charge on any atom is 0.179 e.